The predicted molar refractivity (Wildman–Crippen MR) is 73.2 cm³/mol. The first-order chi connectivity index (χ1) is 9.72. The average Bonchev–Trinajstić information content (AvgIpc) is 2.64. The first kappa shape index (κ1) is 15.7. The Bertz CT molecular complexity index is 707. The molecule has 6 nitrogen and oxygen atoms in total. The smallest absolute Gasteiger partial charge is 0.318 e. The van der Waals surface area contributed by atoms with Gasteiger partial charge in [0, 0.05) is 13.6 Å². The third kappa shape index (κ3) is 3.16. The summed E-state index contributed by atoms with van der Waals surface area (Å²) in [7, 11) is -2.37. The highest BCUT2D eigenvalue weighted by atomic mass is 35.5. The van der Waals surface area contributed by atoms with E-state index in [0.29, 0.717) is 0 Å². The molecule has 1 aromatic carbocycles. The van der Waals surface area contributed by atoms with Gasteiger partial charge in [0.25, 0.3) is 0 Å². The van der Waals surface area contributed by atoms with Crippen molar-refractivity contribution < 1.29 is 22.4 Å². The van der Waals surface area contributed by atoms with Gasteiger partial charge < -0.3 is 4.90 Å². The van der Waals surface area contributed by atoms with Crippen molar-refractivity contribution in [3.8, 4) is 0 Å². The third-order valence-corrected chi connectivity index (χ3v) is 5.06. The fourth-order valence-electron chi connectivity index (χ4n) is 1.89. The standard InChI is InChI=1S/C12H12ClFN2O4S/c1-15-7-11(17)16(12(15)18)4-5-21(19,20)8-2-3-9(13)10(14)6-8/h2-3,6H,4-5,7H2,1H3. The van der Waals surface area contributed by atoms with Gasteiger partial charge in [-0.15, -0.1) is 0 Å². The number of hydrogen-bond acceptors (Lipinski definition) is 4. The molecule has 1 saturated heterocycles. The Hall–Kier alpha value is -1.67. The molecule has 0 atom stereocenters. The summed E-state index contributed by atoms with van der Waals surface area (Å²) in [6, 6.07) is 2.60. The topological polar surface area (TPSA) is 74.8 Å². The summed E-state index contributed by atoms with van der Waals surface area (Å²) >= 11 is 5.49. The van der Waals surface area contributed by atoms with Crippen LogP contribution in [0, 0.1) is 5.82 Å². The fourth-order valence-corrected chi connectivity index (χ4v) is 3.22. The first-order valence-corrected chi connectivity index (χ1v) is 7.98. The van der Waals surface area contributed by atoms with Crippen molar-refractivity contribution in [3.63, 3.8) is 0 Å². The van der Waals surface area contributed by atoms with Crippen molar-refractivity contribution in [2.45, 2.75) is 4.90 Å². The zero-order valence-electron chi connectivity index (χ0n) is 11.0. The van der Waals surface area contributed by atoms with Gasteiger partial charge in [0.15, 0.2) is 9.84 Å². The van der Waals surface area contributed by atoms with Gasteiger partial charge in [-0.25, -0.2) is 17.6 Å². The molecule has 0 spiro atoms. The van der Waals surface area contributed by atoms with Crippen LogP contribution in [0.25, 0.3) is 0 Å². The molecular formula is C12H12ClFN2O4S. The van der Waals surface area contributed by atoms with Crippen LogP contribution in [-0.4, -0.2) is 56.0 Å². The lowest BCUT2D eigenvalue weighted by Crippen LogP contribution is -2.35. The number of nitrogens with zero attached hydrogens (tertiary/aromatic N) is 2. The number of benzene rings is 1. The first-order valence-electron chi connectivity index (χ1n) is 5.95. The molecule has 0 bridgehead atoms. The lowest BCUT2D eigenvalue weighted by Gasteiger charge is -2.14. The van der Waals surface area contributed by atoms with Crippen molar-refractivity contribution in [1.29, 1.82) is 0 Å². The molecule has 2 rings (SSSR count). The van der Waals surface area contributed by atoms with E-state index in [1.807, 2.05) is 0 Å². The minimum atomic E-state index is -3.81. The van der Waals surface area contributed by atoms with Crippen molar-refractivity contribution in [2.24, 2.45) is 0 Å². The van der Waals surface area contributed by atoms with Crippen molar-refractivity contribution in [1.82, 2.24) is 9.80 Å². The molecule has 1 heterocycles. The zero-order chi connectivity index (χ0) is 15.8. The quantitative estimate of drug-likeness (QED) is 0.774. The maximum absolute atomic E-state index is 13.3. The molecule has 9 heteroatoms. The number of hydrogen-bond donors (Lipinski definition) is 0. The highest BCUT2D eigenvalue weighted by molar-refractivity contribution is 7.91. The number of likely N-dealkylation sites (N-methyl/N-ethyl adjacent to an activating group) is 1. The van der Waals surface area contributed by atoms with E-state index in [2.05, 4.69) is 0 Å². The van der Waals surface area contributed by atoms with E-state index in [1.54, 1.807) is 0 Å². The van der Waals surface area contributed by atoms with Crippen molar-refractivity contribution >= 4 is 33.4 Å². The van der Waals surface area contributed by atoms with E-state index in [1.165, 1.54) is 18.0 Å². The molecule has 0 radical (unpaired) electrons. The van der Waals surface area contributed by atoms with Crippen molar-refractivity contribution in [3.05, 3.63) is 29.0 Å². The average molecular weight is 335 g/mol. The molecule has 3 amide bonds. The number of urea groups is 1. The summed E-state index contributed by atoms with van der Waals surface area (Å²) in [4.78, 5) is 25.0. The Balaban J connectivity index is 2.13. The van der Waals surface area contributed by atoms with Gasteiger partial charge in [-0.3, -0.25) is 9.69 Å². The number of carbonyl (C=O) groups is 2. The normalized spacial score (nSPS) is 16.0. The van der Waals surface area contributed by atoms with E-state index >= 15 is 0 Å². The summed E-state index contributed by atoms with van der Waals surface area (Å²) in [6.07, 6.45) is 0. The van der Waals surface area contributed by atoms with Gasteiger partial charge in [0.2, 0.25) is 5.91 Å². The number of imide groups is 1. The molecule has 0 saturated carbocycles. The van der Waals surface area contributed by atoms with E-state index in [-0.39, 0.29) is 23.0 Å². The SMILES string of the molecule is CN1CC(=O)N(CCS(=O)(=O)c2ccc(Cl)c(F)c2)C1=O. The minimum Gasteiger partial charge on any atom is -0.318 e. The lowest BCUT2D eigenvalue weighted by atomic mass is 10.3. The van der Waals surface area contributed by atoms with Crippen LogP contribution in [0.15, 0.2) is 23.1 Å². The maximum atomic E-state index is 13.3. The van der Waals surface area contributed by atoms with Gasteiger partial charge in [-0.05, 0) is 18.2 Å². The molecule has 21 heavy (non-hydrogen) atoms. The molecule has 114 valence electrons. The monoisotopic (exact) mass is 334 g/mol. The molecule has 1 aromatic rings. The molecule has 1 aliphatic rings. The van der Waals surface area contributed by atoms with E-state index in [9.17, 15) is 22.4 Å². The molecular weight excluding hydrogens is 323 g/mol. The highest BCUT2D eigenvalue weighted by Crippen LogP contribution is 2.20. The van der Waals surface area contributed by atoms with Crippen LogP contribution < -0.4 is 0 Å². The predicted octanol–water partition coefficient (Wildman–Crippen LogP) is 1.15. The Morgan fingerprint density at radius 2 is 2.00 bits per heavy atom. The lowest BCUT2D eigenvalue weighted by molar-refractivity contribution is -0.125. The molecule has 0 aromatic heterocycles. The summed E-state index contributed by atoms with van der Waals surface area (Å²) in [5.41, 5.74) is 0. The Kier molecular flexibility index (Phi) is 4.20. The number of rotatable bonds is 4. The summed E-state index contributed by atoms with van der Waals surface area (Å²) in [6.45, 7) is -0.344. The largest absolute Gasteiger partial charge is 0.326 e. The Morgan fingerprint density at radius 3 is 2.52 bits per heavy atom. The van der Waals surface area contributed by atoms with Crippen LogP contribution in [0.4, 0.5) is 9.18 Å². The fraction of sp³-hybridized carbons (Fsp3) is 0.333. The van der Waals surface area contributed by atoms with E-state index < -0.39 is 33.3 Å². The van der Waals surface area contributed by atoms with Gasteiger partial charge >= 0.3 is 6.03 Å². The van der Waals surface area contributed by atoms with E-state index in [0.717, 1.165) is 17.0 Å². The Morgan fingerprint density at radius 1 is 1.33 bits per heavy atom. The van der Waals surface area contributed by atoms with Gasteiger partial charge in [0.05, 0.1) is 15.7 Å². The second-order valence-electron chi connectivity index (χ2n) is 4.58. The molecule has 1 fully saturated rings. The van der Waals surface area contributed by atoms with Crippen LogP contribution in [0.2, 0.25) is 5.02 Å². The van der Waals surface area contributed by atoms with Crippen LogP contribution in [-0.2, 0) is 14.6 Å². The molecule has 0 unspecified atom stereocenters. The van der Waals surface area contributed by atoms with Gasteiger partial charge in [-0.2, -0.15) is 0 Å². The van der Waals surface area contributed by atoms with Gasteiger partial charge in [0.1, 0.15) is 12.4 Å². The molecule has 1 aliphatic heterocycles. The number of halogens is 2. The summed E-state index contributed by atoms with van der Waals surface area (Å²) in [5.74, 6) is -1.77. The summed E-state index contributed by atoms with van der Waals surface area (Å²) < 4.78 is 37.5. The van der Waals surface area contributed by atoms with Crippen molar-refractivity contribution in [2.75, 3.05) is 25.9 Å². The van der Waals surface area contributed by atoms with E-state index in [4.69, 9.17) is 11.6 Å². The van der Waals surface area contributed by atoms with Crippen LogP contribution >= 0.6 is 11.6 Å². The second-order valence-corrected chi connectivity index (χ2v) is 7.10. The maximum Gasteiger partial charge on any atom is 0.326 e. The number of amides is 3. The number of carbonyl (C=O) groups excluding carboxylic acids is 2. The molecule has 0 aliphatic carbocycles. The second kappa shape index (κ2) is 5.61. The van der Waals surface area contributed by atoms with Crippen LogP contribution in [0.5, 0.6) is 0 Å². The zero-order valence-corrected chi connectivity index (χ0v) is 12.6. The minimum absolute atomic E-state index is 0.0749. The van der Waals surface area contributed by atoms with Gasteiger partial charge in [-0.1, -0.05) is 11.6 Å². The Labute approximate surface area is 126 Å². The molecule has 0 N–H and O–H groups in total. The van der Waals surface area contributed by atoms with Crippen LogP contribution in [0.3, 0.4) is 0 Å². The third-order valence-electron chi connectivity index (χ3n) is 3.06. The number of sulfone groups is 1. The highest BCUT2D eigenvalue weighted by Gasteiger charge is 2.34. The van der Waals surface area contributed by atoms with Crippen LogP contribution in [0.1, 0.15) is 0 Å². The summed E-state index contributed by atoms with van der Waals surface area (Å²) in [5, 5.41) is -0.180.